The average molecular weight is 493 g/mol. The first-order valence-electron chi connectivity index (χ1n) is 11.7. The smallest absolute Gasteiger partial charge is 0.497 e. The Bertz CT molecular complexity index is 1150. The molecule has 1 heterocycles. The number of hydrogen-bond donors (Lipinski definition) is 0. The van der Waals surface area contributed by atoms with Crippen LogP contribution in [0.25, 0.3) is 0 Å². The van der Waals surface area contributed by atoms with Crippen LogP contribution in [-0.4, -0.2) is 45.5 Å². The van der Waals surface area contributed by atoms with Gasteiger partial charge < -0.3 is 23.4 Å². The molecule has 0 N–H and O–H groups in total. The van der Waals surface area contributed by atoms with Gasteiger partial charge in [-0.05, 0) is 65.6 Å². The first kappa shape index (κ1) is 25.1. The van der Waals surface area contributed by atoms with Crippen LogP contribution in [0.1, 0.15) is 32.8 Å². The van der Waals surface area contributed by atoms with E-state index in [9.17, 15) is 4.79 Å². The van der Waals surface area contributed by atoms with E-state index in [1.807, 2.05) is 30.3 Å². The van der Waals surface area contributed by atoms with E-state index in [2.05, 4.69) is 57.5 Å². The van der Waals surface area contributed by atoms with Crippen LogP contribution in [0.15, 0.2) is 48.1 Å². The molecule has 0 aromatic heterocycles. The fourth-order valence-corrected chi connectivity index (χ4v) is 5.12. The third kappa shape index (κ3) is 5.33. The summed E-state index contributed by atoms with van der Waals surface area (Å²) in [6.45, 7) is 11.3. The van der Waals surface area contributed by atoms with Gasteiger partial charge in [-0.1, -0.05) is 50.7 Å². The first-order chi connectivity index (χ1) is 16.5. The molecule has 1 spiro atoms. The van der Waals surface area contributed by atoms with Crippen molar-refractivity contribution in [3.05, 3.63) is 53.6 Å². The molecule has 0 radical (unpaired) electrons. The Morgan fingerprint density at radius 2 is 1.86 bits per heavy atom. The number of allylic oxidation sites excluding steroid dienone is 2. The van der Waals surface area contributed by atoms with Gasteiger partial charge in [0.25, 0.3) is 0 Å². The van der Waals surface area contributed by atoms with Crippen molar-refractivity contribution in [1.82, 2.24) is 0 Å². The summed E-state index contributed by atoms with van der Waals surface area (Å²) in [5.74, 6) is 13.2. The quantitative estimate of drug-likeness (QED) is 0.237. The van der Waals surface area contributed by atoms with E-state index in [1.54, 1.807) is 19.3 Å². The van der Waals surface area contributed by atoms with E-state index in [1.165, 1.54) is 0 Å². The summed E-state index contributed by atoms with van der Waals surface area (Å²) < 4.78 is 29.6. The zero-order chi connectivity index (χ0) is 25.3. The molecule has 0 saturated carbocycles. The monoisotopic (exact) mass is 492 g/mol. The van der Waals surface area contributed by atoms with Crippen LogP contribution in [0.3, 0.4) is 0 Å². The normalized spacial score (nSPS) is 28.1. The minimum absolute atomic E-state index is 0.00228. The van der Waals surface area contributed by atoms with Crippen molar-refractivity contribution >= 4 is 14.5 Å². The van der Waals surface area contributed by atoms with E-state index in [4.69, 9.17) is 23.4 Å². The topological polar surface area (TPSA) is 63.2 Å². The van der Waals surface area contributed by atoms with E-state index >= 15 is 0 Å². The first-order valence-corrected chi connectivity index (χ1v) is 14.7. The van der Waals surface area contributed by atoms with Gasteiger partial charge in [0.2, 0.25) is 5.60 Å². The van der Waals surface area contributed by atoms with Gasteiger partial charge in [-0.25, -0.2) is 4.79 Å². The van der Waals surface area contributed by atoms with Crippen LogP contribution in [0.5, 0.6) is 5.75 Å². The van der Waals surface area contributed by atoms with E-state index in [0.29, 0.717) is 13.0 Å². The third-order valence-corrected chi connectivity index (χ3v) is 11.4. The summed E-state index contributed by atoms with van der Waals surface area (Å²) in [7, 11) is -0.534. The highest BCUT2D eigenvalue weighted by Crippen LogP contribution is 2.44. The molecular weight excluding hydrogens is 460 g/mol. The van der Waals surface area contributed by atoms with Gasteiger partial charge in [0.05, 0.1) is 13.7 Å². The van der Waals surface area contributed by atoms with E-state index in [-0.39, 0.29) is 5.04 Å². The lowest BCUT2D eigenvalue weighted by Crippen LogP contribution is -2.51. The predicted octanol–water partition coefficient (Wildman–Crippen LogP) is 5.15. The van der Waals surface area contributed by atoms with Crippen molar-refractivity contribution < 1.29 is 28.2 Å². The average Bonchev–Trinajstić information content (AvgIpc) is 3.14. The Labute approximate surface area is 208 Å². The molecule has 0 unspecified atom stereocenters. The summed E-state index contributed by atoms with van der Waals surface area (Å²) >= 11 is 0. The second kappa shape index (κ2) is 9.58. The lowest BCUT2D eigenvalue weighted by molar-refractivity contribution is -0.0475. The van der Waals surface area contributed by atoms with Gasteiger partial charge in [0, 0.05) is 6.42 Å². The van der Waals surface area contributed by atoms with Crippen LogP contribution in [-0.2, 0) is 25.2 Å². The summed E-state index contributed by atoms with van der Waals surface area (Å²) in [6, 6.07) is 7.64. The highest BCUT2D eigenvalue weighted by molar-refractivity contribution is 6.74. The second-order valence-corrected chi connectivity index (χ2v) is 15.2. The lowest BCUT2D eigenvalue weighted by Gasteiger charge is -2.41. The van der Waals surface area contributed by atoms with Crippen molar-refractivity contribution in [2.24, 2.45) is 0 Å². The summed E-state index contributed by atoms with van der Waals surface area (Å²) in [5, 5.41) is 0.00228. The summed E-state index contributed by atoms with van der Waals surface area (Å²) in [6.07, 6.45) is 3.20. The summed E-state index contributed by atoms with van der Waals surface area (Å²) in [5.41, 5.74) is 0.691. The highest BCUT2D eigenvalue weighted by atomic mass is 28.4. The fourth-order valence-electron chi connectivity index (χ4n) is 3.97. The minimum Gasteiger partial charge on any atom is -0.497 e. The van der Waals surface area contributed by atoms with Gasteiger partial charge >= 0.3 is 6.16 Å². The number of rotatable bonds is 6. The zero-order valence-corrected chi connectivity index (χ0v) is 22.1. The van der Waals surface area contributed by atoms with Gasteiger partial charge in [-0.15, -0.1) is 0 Å². The minimum atomic E-state index is -2.16. The van der Waals surface area contributed by atoms with Crippen LogP contribution in [0.2, 0.25) is 18.1 Å². The largest absolute Gasteiger partial charge is 0.510 e. The molecule has 184 valence electrons. The standard InChI is InChI=1S/C28H32O6Si/c1-27(2,3)35(5,6)34-23-11-9-7-8-10-16-28-18-21(23)17-24(25(28)32-26(29)33-28)31-19-20-12-14-22(30-4)15-13-20/h7-8,12-15,17,23-25H,18-19H2,1-6H3/b8-7-/t23-,24+,25-,28+/m0/s1. The Kier molecular flexibility index (Phi) is 6.88. The molecule has 2 aliphatic carbocycles. The SMILES string of the molecule is COc1ccc(CO[C@@H]2C=C3C[C@@]4(C#C/C=C\C#C[C@@H]3O[Si](C)(C)C(C)(C)C)OC(=O)O[C@@H]24)cc1. The Hall–Kier alpha value is -2.97. The number of carbonyl (C=O) groups excluding carboxylic acids is 1. The van der Waals surface area contributed by atoms with Crippen LogP contribution < -0.4 is 4.74 Å². The molecule has 0 amide bonds. The van der Waals surface area contributed by atoms with Crippen molar-refractivity contribution in [3.8, 4) is 29.4 Å². The second-order valence-electron chi connectivity index (χ2n) is 10.5. The van der Waals surface area contributed by atoms with Crippen molar-refractivity contribution in [1.29, 1.82) is 0 Å². The maximum absolute atomic E-state index is 12.3. The zero-order valence-electron chi connectivity index (χ0n) is 21.1. The number of ether oxygens (including phenoxy) is 4. The molecule has 2 bridgehead atoms. The number of hydrogen-bond acceptors (Lipinski definition) is 6. The molecule has 1 aromatic rings. The molecule has 3 aliphatic rings. The Morgan fingerprint density at radius 3 is 2.54 bits per heavy atom. The van der Waals surface area contributed by atoms with Gasteiger partial charge in [-0.2, -0.15) is 0 Å². The molecule has 1 saturated heterocycles. The molecule has 1 fully saturated rings. The lowest BCUT2D eigenvalue weighted by atomic mass is 9.79. The van der Waals surface area contributed by atoms with Crippen LogP contribution >= 0.6 is 0 Å². The van der Waals surface area contributed by atoms with Gasteiger partial charge in [0.15, 0.2) is 14.4 Å². The molecule has 1 aliphatic heterocycles. The van der Waals surface area contributed by atoms with Gasteiger partial charge in [-0.3, -0.25) is 0 Å². The van der Waals surface area contributed by atoms with E-state index in [0.717, 1.165) is 16.9 Å². The van der Waals surface area contributed by atoms with Crippen molar-refractivity contribution in [2.45, 2.75) is 75.8 Å². The number of benzene rings is 1. The van der Waals surface area contributed by atoms with Crippen LogP contribution in [0.4, 0.5) is 4.79 Å². The Morgan fingerprint density at radius 1 is 1.14 bits per heavy atom. The molecule has 6 nitrogen and oxygen atoms in total. The highest BCUT2D eigenvalue weighted by Gasteiger charge is 2.58. The number of fused-ring (bicyclic) bond motifs is 1. The van der Waals surface area contributed by atoms with E-state index < -0.39 is 38.4 Å². The maximum Gasteiger partial charge on any atom is 0.510 e. The molecule has 1 aromatic carbocycles. The van der Waals surface area contributed by atoms with Crippen LogP contribution in [0, 0.1) is 23.7 Å². The molecule has 7 heteroatoms. The Balaban J connectivity index is 1.69. The molecular formula is C28H32O6Si. The fraction of sp³-hybridized carbons (Fsp3) is 0.464. The van der Waals surface area contributed by atoms with Gasteiger partial charge in [0.1, 0.15) is 18.0 Å². The molecule has 4 atom stereocenters. The number of carbonyl (C=O) groups is 1. The number of methoxy groups -OCH3 is 1. The van der Waals surface area contributed by atoms with Crippen molar-refractivity contribution in [2.75, 3.05) is 7.11 Å². The molecule has 35 heavy (non-hydrogen) atoms. The summed E-state index contributed by atoms with van der Waals surface area (Å²) in [4.78, 5) is 12.3. The predicted molar refractivity (Wildman–Crippen MR) is 135 cm³/mol. The van der Waals surface area contributed by atoms with Crippen molar-refractivity contribution in [3.63, 3.8) is 0 Å². The maximum atomic E-state index is 12.3. The third-order valence-electron chi connectivity index (χ3n) is 7.00. The molecule has 4 rings (SSSR count).